The number of aliphatic imine (C=N–C) groups is 1. The van der Waals surface area contributed by atoms with Crippen molar-refractivity contribution < 1.29 is 13.2 Å². The monoisotopic (exact) mass is 410 g/mol. The number of carbonyl (C=O) groups excluding carboxylic acids is 1. The van der Waals surface area contributed by atoms with Crippen molar-refractivity contribution in [1.82, 2.24) is 9.71 Å². The highest BCUT2D eigenvalue weighted by atomic mass is 32.2. The van der Waals surface area contributed by atoms with Gasteiger partial charge in [-0.3, -0.25) is 14.5 Å². The largest absolute Gasteiger partial charge is 0.351 e. The lowest BCUT2D eigenvalue weighted by Gasteiger charge is -2.10. The van der Waals surface area contributed by atoms with E-state index in [9.17, 15) is 13.2 Å². The number of hydrogen-bond acceptors (Lipinski definition) is 4. The molecule has 2 aromatic carbocycles. The fourth-order valence-electron chi connectivity index (χ4n) is 3.28. The van der Waals surface area contributed by atoms with Crippen LogP contribution in [-0.4, -0.2) is 31.7 Å². The second-order valence-corrected chi connectivity index (χ2v) is 8.68. The summed E-state index contributed by atoms with van der Waals surface area (Å²) in [6.07, 6.45) is 3.60. The number of H-pyrrole nitrogens is 1. The molecule has 0 atom stereocenters. The smallest absolute Gasteiger partial charge is 0.272 e. The predicted octanol–water partition coefficient (Wildman–Crippen LogP) is 3.67. The Morgan fingerprint density at radius 1 is 1.00 bits per heavy atom. The molecule has 0 saturated carbocycles. The molecule has 0 saturated heterocycles. The van der Waals surface area contributed by atoms with Crippen LogP contribution in [0.5, 0.6) is 0 Å². The van der Waals surface area contributed by atoms with Gasteiger partial charge in [-0.05, 0) is 49.2 Å². The zero-order chi connectivity index (χ0) is 20.3. The highest BCUT2D eigenvalue weighted by molar-refractivity contribution is 7.90. The molecular weight excluding hydrogens is 388 g/mol. The number of sulfonamides is 1. The summed E-state index contributed by atoms with van der Waals surface area (Å²) in [6.45, 7) is 0.649. The fraction of sp³-hybridized carbons (Fsp3) is 0.238. The van der Waals surface area contributed by atoms with E-state index in [1.165, 1.54) is 12.1 Å². The first-order valence-electron chi connectivity index (χ1n) is 9.57. The van der Waals surface area contributed by atoms with Gasteiger partial charge in [0, 0.05) is 29.6 Å². The van der Waals surface area contributed by atoms with Gasteiger partial charge in [-0.25, -0.2) is 8.42 Å². The zero-order valence-corrected chi connectivity index (χ0v) is 16.6. The SMILES string of the molecule is O=C(Nc1ccc(S(=O)(=O)NC2=NCCCCC2)cc1)c1cc2ccccc2[nH]1. The maximum Gasteiger partial charge on any atom is 0.272 e. The molecule has 8 heteroatoms. The van der Waals surface area contributed by atoms with Gasteiger partial charge in [0.05, 0.1) is 4.90 Å². The van der Waals surface area contributed by atoms with Gasteiger partial charge in [-0.2, -0.15) is 0 Å². The normalized spacial score (nSPS) is 14.8. The lowest BCUT2D eigenvalue weighted by molar-refractivity contribution is 0.102. The quantitative estimate of drug-likeness (QED) is 0.611. The molecule has 1 aromatic heterocycles. The third kappa shape index (κ3) is 4.48. The molecule has 7 nitrogen and oxygen atoms in total. The second kappa shape index (κ2) is 8.08. The fourth-order valence-corrected chi connectivity index (χ4v) is 4.37. The molecule has 0 unspecified atom stereocenters. The number of carbonyl (C=O) groups is 1. The Kier molecular flexibility index (Phi) is 5.35. The number of para-hydroxylation sites is 1. The molecule has 0 fully saturated rings. The van der Waals surface area contributed by atoms with Gasteiger partial charge in [0.15, 0.2) is 0 Å². The Morgan fingerprint density at radius 3 is 2.59 bits per heavy atom. The molecule has 150 valence electrons. The molecule has 0 bridgehead atoms. The van der Waals surface area contributed by atoms with Crippen LogP contribution in [0.3, 0.4) is 0 Å². The molecule has 3 aromatic rings. The van der Waals surface area contributed by atoms with E-state index in [1.807, 2.05) is 24.3 Å². The van der Waals surface area contributed by atoms with Gasteiger partial charge in [0.2, 0.25) is 0 Å². The van der Waals surface area contributed by atoms with Crippen molar-refractivity contribution in [2.75, 3.05) is 11.9 Å². The summed E-state index contributed by atoms with van der Waals surface area (Å²) in [7, 11) is -3.69. The summed E-state index contributed by atoms with van der Waals surface area (Å²) < 4.78 is 27.7. The van der Waals surface area contributed by atoms with E-state index in [0.29, 0.717) is 30.2 Å². The van der Waals surface area contributed by atoms with E-state index in [2.05, 4.69) is 20.0 Å². The Bertz CT molecular complexity index is 1130. The average molecular weight is 410 g/mol. The van der Waals surface area contributed by atoms with Crippen molar-refractivity contribution in [2.45, 2.75) is 30.6 Å². The van der Waals surface area contributed by atoms with Crippen LogP contribution in [0.15, 0.2) is 64.5 Å². The maximum atomic E-state index is 12.6. The molecule has 4 rings (SSSR count). The first-order valence-corrected chi connectivity index (χ1v) is 11.0. The van der Waals surface area contributed by atoms with Gasteiger partial charge >= 0.3 is 0 Å². The third-order valence-corrected chi connectivity index (χ3v) is 6.22. The molecule has 3 N–H and O–H groups in total. The highest BCUT2D eigenvalue weighted by Crippen LogP contribution is 2.18. The van der Waals surface area contributed by atoms with Crippen LogP contribution >= 0.6 is 0 Å². The van der Waals surface area contributed by atoms with Crippen molar-refractivity contribution in [3.63, 3.8) is 0 Å². The van der Waals surface area contributed by atoms with E-state index in [-0.39, 0.29) is 10.8 Å². The zero-order valence-electron chi connectivity index (χ0n) is 15.8. The minimum atomic E-state index is -3.69. The van der Waals surface area contributed by atoms with Crippen molar-refractivity contribution in [3.05, 3.63) is 60.3 Å². The highest BCUT2D eigenvalue weighted by Gasteiger charge is 2.17. The Morgan fingerprint density at radius 2 is 1.79 bits per heavy atom. The van der Waals surface area contributed by atoms with Crippen LogP contribution in [-0.2, 0) is 10.0 Å². The molecule has 1 aliphatic rings. The van der Waals surface area contributed by atoms with E-state index in [1.54, 1.807) is 18.2 Å². The standard InChI is InChI=1S/C21H22N4O3S/c26-21(19-14-15-6-3-4-7-18(15)24-19)23-16-9-11-17(12-10-16)29(27,28)25-20-8-2-1-5-13-22-20/h3-4,6-7,9-12,14,24H,1-2,5,8,13H2,(H,22,25)(H,23,26). The number of amides is 1. The molecule has 0 aliphatic carbocycles. The number of hydrogen-bond donors (Lipinski definition) is 3. The number of aromatic nitrogens is 1. The van der Waals surface area contributed by atoms with Gasteiger partial charge in [0.25, 0.3) is 15.9 Å². The van der Waals surface area contributed by atoms with Crippen molar-refractivity contribution in [2.24, 2.45) is 4.99 Å². The number of fused-ring (bicyclic) bond motifs is 1. The predicted molar refractivity (Wildman–Crippen MR) is 114 cm³/mol. The summed E-state index contributed by atoms with van der Waals surface area (Å²) in [5, 5.41) is 3.73. The first kappa shape index (κ1) is 19.2. The lowest BCUT2D eigenvalue weighted by Crippen LogP contribution is -2.30. The minimum absolute atomic E-state index is 0.132. The number of anilines is 1. The Hall–Kier alpha value is -3.13. The van der Waals surface area contributed by atoms with Crippen LogP contribution in [0.2, 0.25) is 0 Å². The van der Waals surface area contributed by atoms with E-state index in [0.717, 1.165) is 30.2 Å². The van der Waals surface area contributed by atoms with E-state index < -0.39 is 10.0 Å². The molecular formula is C21H22N4O3S. The van der Waals surface area contributed by atoms with Crippen molar-refractivity contribution in [1.29, 1.82) is 0 Å². The number of amidine groups is 1. The molecule has 0 spiro atoms. The molecule has 0 radical (unpaired) electrons. The number of rotatable bonds is 4. The lowest BCUT2D eigenvalue weighted by atomic mass is 10.2. The average Bonchev–Trinajstić information content (AvgIpc) is 2.99. The van der Waals surface area contributed by atoms with E-state index in [4.69, 9.17) is 0 Å². The number of nitrogens with zero attached hydrogens (tertiary/aromatic N) is 1. The van der Waals surface area contributed by atoms with Crippen LogP contribution < -0.4 is 10.0 Å². The molecule has 2 heterocycles. The summed E-state index contributed by atoms with van der Waals surface area (Å²) in [5.74, 6) is 0.224. The van der Waals surface area contributed by atoms with Gasteiger partial charge in [-0.15, -0.1) is 0 Å². The third-order valence-electron chi connectivity index (χ3n) is 4.82. The Balaban J connectivity index is 1.45. The Labute approximate surface area is 169 Å². The van der Waals surface area contributed by atoms with Crippen molar-refractivity contribution >= 4 is 38.4 Å². The van der Waals surface area contributed by atoms with Gasteiger partial charge < -0.3 is 10.3 Å². The summed E-state index contributed by atoms with van der Waals surface area (Å²) in [4.78, 5) is 20.0. The van der Waals surface area contributed by atoms with Crippen LogP contribution in [0.25, 0.3) is 10.9 Å². The van der Waals surface area contributed by atoms with E-state index >= 15 is 0 Å². The van der Waals surface area contributed by atoms with Gasteiger partial charge in [0.1, 0.15) is 11.5 Å². The number of aromatic amines is 1. The maximum absolute atomic E-state index is 12.6. The topological polar surface area (TPSA) is 103 Å². The van der Waals surface area contributed by atoms with Crippen LogP contribution in [0.4, 0.5) is 5.69 Å². The number of benzene rings is 2. The van der Waals surface area contributed by atoms with Crippen molar-refractivity contribution in [3.8, 4) is 0 Å². The first-order chi connectivity index (χ1) is 14.0. The van der Waals surface area contributed by atoms with Crippen LogP contribution in [0.1, 0.15) is 36.2 Å². The van der Waals surface area contributed by atoms with Gasteiger partial charge in [-0.1, -0.05) is 24.6 Å². The number of nitrogens with one attached hydrogen (secondary N) is 3. The second-order valence-electron chi connectivity index (χ2n) is 6.99. The molecule has 1 aliphatic heterocycles. The minimum Gasteiger partial charge on any atom is -0.351 e. The summed E-state index contributed by atoms with van der Waals surface area (Å²) >= 11 is 0. The summed E-state index contributed by atoms with van der Waals surface area (Å²) in [6, 6.07) is 15.5. The molecule has 29 heavy (non-hydrogen) atoms. The molecule has 1 amide bonds. The summed E-state index contributed by atoms with van der Waals surface area (Å²) in [5.41, 5.74) is 1.84. The van der Waals surface area contributed by atoms with Crippen LogP contribution in [0, 0.1) is 0 Å².